The van der Waals surface area contributed by atoms with Crippen LogP contribution >= 0.6 is 11.6 Å². The standard InChI is InChI=1S/C17H18ClN5O2/c18-14-4-2-1-3-13(14)11-20-17-19-6-5-15(21-17)16(25)23-9-7-22(12-24)8-10-23/h1-6,12H,7-11H2,(H,19,20,21). The molecule has 1 aromatic carbocycles. The van der Waals surface area contributed by atoms with E-state index >= 15 is 0 Å². The monoisotopic (exact) mass is 359 g/mol. The first-order valence-corrected chi connectivity index (χ1v) is 8.34. The summed E-state index contributed by atoms with van der Waals surface area (Å²) in [5.41, 5.74) is 1.26. The Morgan fingerprint density at radius 1 is 1.20 bits per heavy atom. The second-order valence-corrected chi connectivity index (χ2v) is 6.05. The van der Waals surface area contributed by atoms with Crippen LogP contribution in [0.3, 0.4) is 0 Å². The molecule has 7 nitrogen and oxygen atoms in total. The highest BCUT2D eigenvalue weighted by Gasteiger charge is 2.22. The Bertz CT molecular complexity index is 762. The first-order valence-electron chi connectivity index (χ1n) is 7.96. The molecule has 2 aromatic rings. The number of amides is 2. The summed E-state index contributed by atoms with van der Waals surface area (Å²) in [5.74, 6) is 0.214. The summed E-state index contributed by atoms with van der Waals surface area (Å²) in [4.78, 5) is 35.1. The summed E-state index contributed by atoms with van der Waals surface area (Å²) < 4.78 is 0. The van der Waals surface area contributed by atoms with Crippen LogP contribution in [0.15, 0.2) is 36.5 Å². The van der Waals surface area contributed by atoms with Gasteiger partial charge in [0.1, 0.15) is 5.69 Å². The van der Waals surface area contributed by atoms with Crippen molar-refractivity contribution >= 4 is 29.9 Å². The minimum absolute atomic E-state index is 0.159. The molecule has 1 aliphatic rings. The number of aromatic nitrogens is 2. The van der Waals surface area contributed by atoms with E-state index in [0.717, 1.165) is 12.0 Å². The van der Waals surface area contributed by atoms with Gasteiger partial charge in [-0.25, -0.2) is 9.97 Å². The van der Waals surface area contributed by atoms with Gasteiger partial charge < -0.3 is 15.1 Å². The van der Waals surface area contributed by atoms with E-state index in [1.807, 2.05) is 24.3 Å². The number of carbonyl (C=O) groups is 2. The Morgan fingerprint density at radius 2 is 1.96 bits per heavy atom. The number of halogens is 1. The Hall–Kier alpha value is -2.67. The number of rotatable bonds is 5. The van der Waals surface area contributed by atoms with Gasteiger partial charge in [-0.05, 0) is 17.7 Å². The van der Waals surface area contributed by atoms with Gasteiger partial charge in [0.25, 0.3) is 5.91 Å². The molecule has 130 valence electrons. The van der Waals surface area contributed by atoms with Crippen molar-refractivity contribution in [2.24, 2.45) is 0 Å². The van der Waals surface area contributed by atoms with Crippen LogP contribution < -0.4 is 5.32 Å². The van der Waals surface area contributed by atoms with E-state index in [4.69, 9.17) is 11.6 Å². The molecule has 0 atom stereocenters. The van der Waals surface area contributed by atoms with Crippen molar-refractivity contribution in [2.75, 3.05) is 31.5 Å². The van der Waals surface area contributed by atoms with E-state index in [9.17, 15) is 9.59 Å². The Balaban J connectivity index is 1.64. The van der Waals surface area contributed by atoms with Gasteiger partial charge in [0, 0.05) is 43.9 Å². The van der Waals surface area contributed by atoms with Gasteiger partial charge in [-0.15, -0.1) is 0 Å². The summed E-state index contributed by atoms with van der Waals surface area (Å²) in [5, 5.41) is 3.75. The quantitative estimate of drug-likeness (QED) is 0.821. The molecule has 3 rings (SSSR count). The number of hydrogen-bond acceptors (Lipinski definition) is 5. The maximum absolute atomic E-state index is 12.6. The highest BCUT2D eigenvalue weighted by atomic mass is 35.5. The molecule has 25 heavy (non-hydrogen) atoms. The van der Waals surface area contributed by atoms with Crippen LogP contribution in [0.5, 0.6) is 0 Å². The molecule has 0 saturated carbocycles. The molecular weight excluding hydrogens is 342 g/mol. The average molecular weight is 360 g/mol. The molecule has 8 heteroatoms. The van der Waals surface area contributed by atoms with Gasteiger partial charge in [0.05, 0.1) is 0 Å². The number of carbonyl (C=O) groups excluding carboxylic acids is 2. The first-order chi connectivity index (χ1) is 12.2. The normalized spacial score (nSPS) is 14.3. The predicted molar refractivity (Wildman–Crippen MR) is 94.4 cm³/mol. The third kappa shape index (κ3) is 4.24. The van der Waals surface area contributed by atoms with Gasteiger partial charge in [-0.1, -0.05) is 29.8 Å². The fraction of sp³-hybridized carbons (Fsp3) is 0.294. The molecule has 0 aliphatic carbocycles. The lowest BCUT2D eigenvalue weighted by Crippen LogP contribution is -2.48. The zero-order chi connectivity index (χ0) is 17.6. The van der Waals surface area contributed by atoms with Crippen LogP contribution in [-0.2, 0) is 11.3 Å². The Kier molecular flexibility index (Phi) is 5.45. The smallest absolute Gasteiger partial charge is 0.272 e. The molecule has 0 spiro atoms. The van der Waals surface area contributed by atoms with Crippen LogP contribution in [0.2, 0.25) is 5.02 Å². The minimum atomic E-state index is -0.159. The van der Waals surface area contributed by atoms with Gasteiger partial charge >= 0.3 is 0 Å². The van der Waals surface area contributed by atoms with Gasteiger partial charge in [0.2, 0.25) is 12.4 Å². The van der Waals surface area contributed by atoms with E-state index in [-0.39, 0.29) is 5.91 Å². The maximum atomic E-state index is 12.6. The van der Waals surface area contributed by atoms with Crippen molar-refractivity contribution in [1.82, 2.24) is 19.8 Å². The fourth-order valence-corrected chi connectivity index (χ4v) is 2.77. The third-order valence-electron chi connectivity index (χ3n) is 4.02. The van der Waals surface area contributed by atoms with Crippen molar-refractivity contribution in [3.05, 3.63) is 52.8 Å². The Labute approximate surface area is 150 Å². The lowest BCUT2D eigenvalue weighted by atomic mass is 10.2. The maximum Gasteiger partial charge on any atom is 0.272 e. The van der Waals surface area contributed by atoms with E-state index in [2.05, 4.69) is 15.3 Å². The minimum Gasteiger partial charge on any atom is -0.350 e. The number of nitrogens with zero attached hydrogens (tertiary/aromatic N) is 4. The molecular formula is C17H18ClN5O2. The van der Waals surface area contributed by atoms with Crippen molar-refractivity contribution in [2.45, 2.75) is 6.54 Å². The molecule has 2 heterocycles. The van der Waals surface area contributed by atoms with Crippen LogP contribution in [0.4, 0.5) is 5.95 Å². The second kappa shape index (κ2) is 7.94. The summed E-state index contributed by atoms with van der Waals surface area (Å²) >= 11 is 6.13. The van der Waals surface area contributed by atoms with Crippen molar-refractivity contribution in [3.8, 4) is 0 Å². The van der Waals surface area contributed by atoms with E-state index in [0.29, 0.717) is 49.4 Å². The van der Waals surface area contributed by atoms with Crippen LogP contribution in [0, 0.1) is 0 Å². The summed E-state index contributed by atoms with van der Waals surface area (Å²) in [7, 11) is 0. The number of anilines is 1. The van der Waals surface area contributed by atoms with Crippen LogP contribution in [-0.4, -0.2) is 58.3 Å². The van der Waals surface area contributed by atoms with Crippen molar-refractivity contribution in [1.29, 1.82) is 0 Å². The van der Waals surface area contributed by atoms with Gasteiger partial charge in [-0.2, -0.15) is 0 Å². The largest absolute Gasteiger partial charge is 0.350 e. The lowest BCUT2D eigenvalue weighted by molar-refractivity contribution is -0.119. The third-order valence-corrected chi connectivity index (χ3v) is 4.39. The molecule has 1 aliphatic heterocycles. The lowest BCUT2D eigenvalue weighted by Gasteiger charge is -2.32. The number of hydrogen-bond donors (Lipinski definition) is 1. The van der Waals surface area contributed by atoms with E-state index in [1.54, 1.807) is 22.1 Å². The molecule has 0 radical (unpaired) electrons. The van der Waals surface area contributed by atoms with E-state index < -0.39 is 0 Å². The Morgan fingerprint density at radius 3 is 2.68 bits per heavy atom. The average Bonchev–Trinajstić information content (AvgIpc) is 2.67. The highest BCUT2D eigenvalue weighted by Crippen LogP contribution is 2.16. The predicted octanol–water partition coefficient (Wildman–Crippen LogP) is 1.66. The van der Waals surface area contributed by atoms with Crippen molar-refractivity contribution in [3.63, 3.8) is 0 Å². The van der Waals surface area contributed by atoms with Gasteiger partial charge in [-0.3, -0.25) is 9.59 Å². The highest BCUT2D eigenvalue weighted by molar-refractivity contribution is 6.31. The zero-order valence-corrected chi connectivity index (χ0v) is 14.3. The van der Waals surface area contributed by atoms with E-state index in [1.165, 1.54) is 0 Å². The molecule has 0 bridgehead atoms. The molecule has 1 saturated heterocycles. The summed E-state index contributed by atoms with van der Waals surface area (Å²) in [6, 6.07) is 9.10. The fourth-order valence-electron chi connectivity index (χ4n) is 2.57. The molecule has 1 aromatic heterocycles. The summed E-state index contributed by atoms with van der Waals surface area (Å²) in [6.07, 6.45) is 2.36. The molecule has 1 fully saturated rings. The number of benzene rings is 1. The number of nitrogens with one attached hydrogen (secondary N) is 1. The second-order valence-electron chi connectivity index (χ2n) is 5.64. The molecule has 0 unspecified atom stereocenters. The first kappa shape index (κ1) is 17.2. The molecule has 1 N–H and O–H groups in total. The molecule has 2 amide bonds. The number of piperazine rings is 1. The topological polar surface area (TPSA) is 78.4 Å². The SMILES string of the molecule is O=CN1CCN(C(=O)c2ccnc(NCc3ccccc3Cl)n2)CC1. The van der Waals surface area contributed by atoms with Crippen LogP contribution in [0.25, 0.3) is 0 Å². The zero-order valence-electron chi connectivity index (χ0n) is 13.6. The summed E-state index contributed by atoms with van der Waals surface area (Å²) in [6.45, 7) is 2.55. The van der Waals surface area contributed by atoms with Crippen LogP contribution in [0.1, 0.15) is 16.1 Å². The van der Waals surface area contributed by atoms with Crippen molar-refractivity contribution < 1.29 is 9.59 Å². The van der Waals surface area contributed by atoms with Gasteiger partial charge in [0.15, 0.2) is 0 Å².